The first-order chi connectivity index (χ1) is 14.9. The maximum Gasteiger partial charge on any atom is 0.305 e. The predicted molar refractivity (Wildman–Crippen MR) is 115 cm³/mol. The summed E-state index contributed by atoms with van der Waals surface area (Å²) in [7, 11) is 0. The average molecular weight is 445 g/mol. The number of carboxylic acids is 1. The van der Waals surface area contributed by atoms with Crippen molar-refractivity contribution in [3.05, 3.63) is 35.7 Å². The number of carboxylic acid groups (broad SMARTS) is 1. The third-order valence-electron chi connectivity index (χ3n) is 4.75. The molecule has 12 nitrogen and oxygen atoms in total. The summed E-state index contributed by atoms with van der Waals surface area (Å²) in [6, 6.07) is 0. The molecule has 0 aliphatic rings. The highest BCUT2D eigenvalue weighted by Crippen LogP contribution is 2.16. The molecule has 3 aromatic rings. The molecule has 0 aliphatic carbocycles. The summed E-state index contributed by atoms with van der Waals surface area (Å²) in [5, 5.41) is 34.3. The normalized spacial score (nSPS) is 12.6. The number of aliphatic carboxylic acids is 1. The van der Waals surface area contributed by atoms with Gasteiger partial charge in [0.15, 0.2) is 0 Å². The zero-order chi connectivity index (χ0) is 23.5. The van der Waals surface area contributed by atoms with Crippen molar-refractivity contribution >= 4 is 5.97 Å². The van der Waals surface area contributed by atoms with Crippen LogP contribution in [0.1, 0.15) is 65.0 Å². The van der Waals surface area contributed by atoms with Crippen LogP contribution < -0.4 is 0 Å². The highest BCUT2D eigenvalue weighted by molar-refractivity contribution is 5.66. The van der Waals surface area contributed by atoms with Crippen LogP contribution in [-0.4, -0.2) is 61.0 Å². The Morgan fingerprint density at radius 1 is 0.812 bits per heavy atom. The van der Waals surface area contributed by atoms with E-state index in [0.29, 0.717) is 19.6 Å². The van der Waals surface area contributed by atoms with Crippen LogP contribution in [0.3, 0.4) is 0 Å². The molecular weight excluding hydrogens is 412 g/mol. The Kier molecular flexibility index (Phi) is 6.72. The summed E-state index contributed by atoms with van der Waals surface area (Å²) in [5.74, 6) is -0.868. The van der Waals surface area contributed by atoms with E-state index in [0.717, 1.165) is 17.1 Å². The molecule has 174 valence electrons. The molecule has 0 atom stereocenters. The molecular formula is C20H32N10O2. The summed E-state index contributed by atoms with van der Waals surface area (Å²) in [4.78, 5) is 12.9. The van der Waals surface area contributed by atoms with Crippen molar-refractivity contribution in [1.82, 2.24) is 49.9 Å². The van der Waals surface area contributed by atoms with E-state index < -0.39 is 5.97 Å². The highest BCUT2D eigenvalue weighted by atomic mass is 16.4. The van der Waals surface area contributed by atoms with Gasteiger partial charge in [0.05, 0.1) is 53.5 Å². The maximum atomic E-state index is 10.8. The zero-order valence-electron chi connectivity index (χ0n) is 19.6. The fraction of sp³-hybridized carbons (Fsp3) is 0.650. The van der Waals surface area contributed by atoms with Gasteiger partial charge < -0.3 is 5.11 Å². The molecule has 0 radical (unpaired) electrons. The molecule has 0 unspecified atom stereocenters. The van der Waals surface area contributed by atoms with E-state index in [2.05, 4.69) is 77.4 Å². The zero-order valence-corrected chi connectivity index (χ0v) is 19.6. The molecule has 0 aromatic carbocycles. The molecule has 0 amide bonds. The summed E-state index contributed by atoms with van der Waals surface area (Å²) in [5.41, 5.74) is 2.10. The standard InChI is InChI=1S/C20H32N10O2/c1-19(2,3)29-13-16(22-25-29)10-27(11-17-14-30(26-23-17)20(4,5)6)9-15-12-28(24-21-15)8-7-18(31)32/h12-14H,7-11H2,1-6H3,(H,31,32). The van der Waals surface area contributed by atoms with E-state index in [-0.39, 0.29) is 24.0 Å². The van der Waals surface area contributed by atoms with E-state index in [9.17, 15) is 4.79 Å². The van der Waals surface area contributed by atoms with Crippen LogP contribution in [0, 0.1) is 0 Å². The lowest BCUT2D eigenvalue weighted by molar-refractivity contribution is -0.137. The second kappa shape index (κ2) is 9.15. The van der Waals surface area contributed by atoms with Crippen molar-refractivity contribution in [2.45, 2.75) is 85.2 Å². The summed E-state index contributed by atoms with van der Waals surface area (Å²) in [6.07, 6.45) is 5.66. The molecule has 3 rings (SSSR count). The van der Waals surface area contributed by atoms with E-state index in [1.54, 1.807) is 10.9 Å². The first-order valence-corrected chi connectivity index (χ1v) is 10.6. The van der Waals surface area contributed by atoms with Crippen molar-refractivity contribution in [2.24, 2.45) is 0 Å². The molecule has 0 saturated heterocycles. The molecule has 12 heteroatoms. The minimum absolute atomic E-state index is 0.00166. The van der Waals surface area contributed by atoms with Gasteiger partial charge in [-0.05, 0) is 41.5 Å². The molecule has 32 heavy (non-hydrogen) atoms. The fourth-order valence-electron chi connectivity index (χ4n) is 2.98. The Morgan fingerprint density at radius 2 is 1.25 bits per heavy atom. The predicted octanol–water partition coefficient (Wildman–Crippen LogP) is 1.65. The third-order valence-corrected chi connectivity index (χ3v) is 4.75. The SMILES string of the molecule is CC(C)(C)n1cc(CN(Cc2cn(CCC(=O)O)nn2)Cc2cn(C(C)(C)C)nn2)nn1. The van der Waals surface area contributed by atoms with Crippen LogP contribution in [0.2, 0.25) is 0 Å². The lowest BCUT2D eigenvalue weighted by Crippen LogP contribution is -2.24. The van der Waals surface area contributed by atoms with Gasteiger partial charge in [0.1, 0.15) is 0 Å². The molecule has 0 saturated carbocycles. The highest BCUT2D eigenvalue weighted by Gasteiger charge is 2.20. The number of aryl methyl sites for hydroxylation is 1. The van der Waals surface area contributed by atoms with Crippen molar-refractivity contribution in [3.8, 4) is 0 Å². The number of rotatable bonds is 9. The van der Waals surface area contributed by atoms with Crippen LogP contribution in [0.25, 0.3) is 0 Å². The van der Waals surface area contributed by atoms with Crippen molar-refractivity contribution < 1.29 is 9.90 Å². The van der Waals surface area contributed by atoms with Gasteiger partial charge >= 0.3 is 5.97 Å². The van der Waals surface area contributed by atoms with Crippen molar-refractivity contribution in [3.63, 3.8) is 0 Å². The molecule has 0 aliphatic heterocycles. The lowest BCUT2D eigenvalue weighted by Gasteiger charge is -2.20. The van der Waals surface area contributed by atoms with E-state index in [1.165, 1.54) is 0 Å². The molecule has 0 spiro atoms. The van der Waals surface area contributed by atoms with Gasteiger partial charge in [-0.3, -0.25) is 14.4 Å². The van der Waals surface area contributed by atoms with Gasteiger partial charge in [-0.2, -0.15) is 0 Å². The molecule has 3 aromatic heterocycles. The van der Waals surface area contributed by atoms with Crippen LogP contribution >= 0.6 is 0 Å². The monoisotopic (exact) mass is 444 g/mol. The van der Waals surface area contributed by atoms with E-state index >= 15 is 0 Å². The molecule has 1 N–H and O–H groups in total. The smallest absolute Gasteiger partial charge is 0.305 e. The number of nitrogens with zero attached hydrogens (tertiary/aromatic N) is 10. The average Bonchev–Trinajstić information content (AvgIpc) is 3.39. The molecule has 0 bridgehead atoms. The largest absolute Gasteiger partial charge is 0.481 e. The van der Waals surface area contributed by atoms with E-state index in [4.69, 9.17) is 5.11 Å². The second-order valence-corrected chi connectivity index (χ2v) is 9.91. The first-order valence-electron chi connectivity index (χ1n) is 10.6. The van der Waals surface area contributed by atoms with Gasteiger partial charge in [-0.25, -0.2) is 9.36 Å². The minimum Gasteiger partial charge on any atom is -0.481 e. The van der Waals surface area contributed by atoms with Gasteiger partial charge in [0.25, 0.3) is 0 Å². The fourth-order valence-corrected chi connectivity index (χ4v) is 2.98. The quantitative estimate of drug-likeness (QED) is 0.523. The number of carbonyl (C=O) groups is 1. The van der Waals surface area contributed by atoms with Gasteiger partial charge in [0, 0.05) is 25.8 Å². The van der Waals surface area contributed by atoms with Gasteiger partial charge in [-0.15, -0.1) is 15.3 Å². The first kappa shape index (κ1) is 23.5. The Bertz CT molecular complexity index is 983. The summed E-state index contributed by atoms with van der Waals surface area (Å²) >= 11 is 0. The maximum absolute atomic E-state index is 10.8. The number of aromatic nitrogens is 9. The van der Waals surface area contributed by atoms with Gasteiger partial charge in [0.2, 0.25) is 0 Å². The van der Waals surface area contributed by atoms with Crippen molar-refractivity contribution in [2.75, 3.05) is 0 Å². The van der Waals surface area contributed by atoms with E-state index in [1.807, 2.05) is 21.8 Å². The lowest BCUT2D eigenvalue weighted by atomic mass is 10.1. The Labute approximate surface area is 187 Å². The number of hydrogen-bond donors (Lipinski definition) is 1. The van der Waals surface area contributed by atoms with Gasteiger partial charge in [-0.1, -0.05) is 15.6 Å². The second-order valence-electron chi connectivity index (χ2n) is 9.91. The molecule has 3 heterocycles. The van der Waals surface area contributed by atoms with Crippen LogP contribution in [0.5, 0.6) is 0 Å². The Balaban J connectivity index is 1.76. The number of hydrogen-bond acceptors (Lipinski definition) is 8. The third kappa shape index (κ3) is 6.42. The van der Waals surface area contributed by atoms with Crippen LogP contribution in [0.15, 0.2) is 18.6 Å². The summed E-state index contributed by atoms with van der Waals surface area (Å²) < 4.78 is 5.24. The Hall–Kier alpha value is -3.15. The summed E-state index contributed by atoms with van der Waals surface area (Å²) in [6.45, 7) is 14.3. The van der Waals surface area contributed by atoms with Crippen LogP contribution in [-0.2, 0) is 42.1 Å². The Morgan fingerprint density at radius 3 is 1.66 bits per heavy atom. The minimum atomic E-state index is -0.868. The van der Waals surface area contributed by atoms with Crippen molar-refractivity contribution in [1.29, 1.82) is 0 Å². The van der Waals surface area contributed by atoms with Crippen LogP contribution in [0.4, 0.5) is 0 Å². The molecule has 0 fully saturated rings. The topological polar surface area (TPSA) is 133 Å².